The molecule has 160 valence electrons. The number of fused-ring (bicyclic) bond motifs is 2. The largest absolute Gasteiger partial charge is 0.338 e. The number of hydrogen-bond acceptors (Lipinski definition) is 3. The summed E-state index contributed by atoms with van der Waals surface area (Å²) in [5.74, 6) is -0.804. The maximum Gasteiger partial charge on any atom is 0.256 e. The van der Waals surface area contributed by atoms with Gasteiger partial charge in [-0.25, -0.2) is 4.39 Å². The third-order valence-corrected chi connectivity index (χ3v) is 6.65. The number of nitrogens with one attached hydrogen (secondary N) is 1. The molecule has 5 rings (SSSR count). The Hall–Kier alpha value is -3.22. The van der Waals surface area contributed by atoms with E-state index in [2.05, 4.69) is 5.32 Å². The minimum Gasteiger partial charge on any atom is -0.338 e. The minimum atomic E-state index is -0.726. The molecule has 2 aromatic rings. The lowest BCUT2D eigenvalue weighted by Crippen LogP contribution is -2.60. The van der Waals surface area contributed by atoms with Crippen LogP contribution >= 0.6 is 0 Å². The normalized spacial score (nSPS) is 21.4. The van der Waals surface area contributed by atoms with Gasteiger partial charge in [-0.2, -0.15) is 0 Å². The van der Waals surface area contributed by atoms with Crippen LogP contribution in [0.15, 0.2) is 42.5 Å². The Kier molecular flexibility index (Phi) is 4.96. The number of benzene rings is 2. The molecule has 3 amide bonds. The lowest BCUT2D eigenvalue weighted by Gasteiger charge is -2.40. The van der Waals surface area contributed by atoms with Crippen molar-refractivity contribution < 1.29 is 18.8 Å². The molecule has 0 spiro atoms. The Morgan fingerprint density at radius 3 is 2.55 bits per heavy atom. The summed E-state index contributed by atoms with van der Waals surface area (Å²) in [7, 11) is 0. The molecule has 2 aliphatic heterocycles. The van der Waals surface area contributed by atoms with Crippen molar-refractivity contribution in [3.63, 3.8) is 0 Å². The van der Waals surface area contributed by atoms with Gasteiger partial charge in [-0.1, -0.05) is 37.1 Å². The summed E-state index contributed by atoms with van der Waals surface area (Å²) < 4.78 is 14.3. The van der Waals surface area contributed by atoms with E-state index < -0.39 is 6.04 Å². The summed E-state index contributed by atoms with van der Waals surface area (Å²) >= 11 is 0. The number of halogens is 1. The van der Waals surface area contributed by atoms with E-state index in [0.29, 0.717) is 35.5 Å². The topological polar surface area (TPSA) is 69.7 Å². The van der Waals surface area contributed by atoms with Gasteiger partial charge < -0.3 is 15.1 Å². The van der Waals surface area contributed by atoms with E-state index in [1.165, 1.54) is 6.07 Å². The fourth-order valence-corrected chi connectivity index (χ4v) is 4.95. The Morgan fingerprint density at radius 2 is 1.77 bits per heavy atom. The molecule has 2 fully saturated rings. The Labute approximate surface area is 180 Å². The Bertz CT molecular complexity index is 1060. The van der Waals surface area contributed by atoms with Crippen molar-refractivity contribution in [2.75, 3.05) is 25.0 Å². The quantitative estimate of drug-likeness (QED) is 0.809. The van der Waals surface area contributed by atoms with Gasteiger partial charge in [-0.3, -0.25) is 14.4 Å². The molecule has 31 heavy (non-hydrogen) atoms. The SMILES string of the molecule is O=C1Nc2ccc(-c3ccccc3F)cc2C(=O)N2CCN(C(=O)C3CCCC3)C[C@@H]12. The molecule has 1 aliphatic carbocycles. The highest BCUT2D eigenvalue weighted by Crippen LogP contribution is 2.32. The van der Waals surface area contributed by atoms with Gasteiger partial charge >= 0.3 is 0 Å². The van der Waals surface area contributed by atoms with Gasteiger partial charge in [-0.05, 0) is 36.6 Å². The average Bonchev–Trinajstić information content (AvgIpc) is 3.30. The standard InChI is InChI=1S/C24H24FN3O3/c25-19-8-4-3-7-17(19)16-9-10-20-18(13-16)24(31)28-12-11-27(14-21(28)22(29)26-20)23(30)15-5-1-2-6-15/h3-4,7-10,13,15,21H,1-2,5-6,11-12,14H2,(H,26,29)/t21-/m0/s1. The van der Waals surface area contributed by atoms with E-state index in [1.54, 1.807) is 46.2 Å². The lowest BCUT2D eigenvalue weighted by atomic mass is 10.0. The van der Waals surface area contributed by atoms with Crippen LogP contribution in [0, 0.1) is 11.7 Å². The molecule has 0 unspecified atom stereocenters. The molecule has 2 heterocycles. The van der Waals surface area contributed by atoms with E-state index >= 15 is 0 Å². The first kappa shape index (κ1) is 19.7. The number of amides is 3. The van der Waals surface area contributed by atoms with E-state index in [0.717, 1.165) is 25.7 Å². The zero-order valence-corrected chi connectivity index (χ0v) is 17.1. The smallest absolute Gasteiger partial charge is 0.256 e. The van der Waals surface area contributed by atoms with Crippen molar-refractivity contribution in [2.24, 2.45) is 5.92 Å². The average molecular weight is 421 g/mol. The molecule has 1 saturated heterocycles. The van der Waals surface area contributed by atoms with Crippen LogP contribution in [0.2, 0.25) is 0 Å². The molecule has 6 nitrogen and oxygen atoms in total. The highest BCUT2D eigenvalue weighted by atomic mass is 19.1. The van der Waals surface area contributed by atoms with Gasteiger partial charge in [0.15, 0.2) is 0 Å². The summed E-state index contributed by atoms with van der Waals surface area (Å²) in [4.78, 5) is 42.4. The van der Waals surface area contributed by atoms with Gasteiger partial charge in [-0.15, -0.1) is 0 Å². The third kappa shape index (κ3) is 3.48. The number of nitrogens with zero attached hydrogens (tertiary/aromatic N) is 2. The maximum atomic E-state index is 14.3. The maximum absolute atomic E-state index is 14.3. The summed E-state index contributed by atoms with van der Waals surface area (Å²) in [6, 6.07) is 10.6. The minimum absolute atomic E-state index is 0.0385. The Morgan fingerprint density at radius 1 is 1.00 bits per heavy atom. The molecule has 3 aliphatic rings. The molecule has 0 aromatic heterocycles. The zero-order valence-electron chi connectivity index (χ0n) is 17.1. The predicted molar refractivity (Wildman–Crippen MR) is 114 cm³/mol. The van der Waals surface area contributed by atoms with Crippen molar-refractivity contribution in [2.45, 2.75) is 31.7 Å². The van der Waals surface area contributed by atoms with Crippen molar-refractivity contribution in [1.82, 2.24) is 9.80 Å². The highest BCUT2D eigenvalue weighted by Gasteiger charge is 2.41. The number of rotatable bonds is 2. The number of hydrogen-bond donors (Lipinski definition) is 1. The van der Waals surface area contributed by atoms with Gasteiger partial charge in [0.1, 0.15) is 11.9 Å². The predicted octanol–water partition coefficient (Wildman–Crippen LogP) is 3.29. The van der Waals surface area contributed by atoms with Gasteiger partial charge in [0.25, 0.3) is 5.91 Å². The van der Waals surface area contributed by atoms with Crippen molar-refractivity contribution in [3.8, 4) is 11.1 Å². The molecule has 1 atom stereocenters. The van der Waals surface area contributed by atoms with E-state index in [1.807, 2.05) is 0 Å². The van der Waals surface area contributed by atoms with Crippen LogP contribution in [0.5, 0.6) is 0 Å². The molecular weight excluding hydrogens is 397 g/mol. The monoisotopic (exact) mass is 421 g/mol. The third-order valence-electron chi connectivity index (χ3n) is 6.65. The second-order valence-electron chi connectivity index (χ2n) is 8.51. The fraction of sp³-hybridized carbons (Fsp3) is 0.375. The summed E-state index contributed by atoms with van der Waals surface area (Å²) in [5, 5.41) is 2.84. The van der Waals surface area contributed by atoms with Crippen LogP contribution < -0.4 is 5.32 Å². The van der Waals surface area contributed by atoms with Crippen LogP contribution in [-0.2, 0) is 9.59 Å². The van der Waals surface area contributed by atoms with Crippen LogP contribution in [0.3, 0.4) is 0 Å². The van der Waals surface area contributed by atoms with Crippen molar-refractivity contribution in [1.29, 1.82) is 0 Å². The molecule has 1 N–H and O–H groups in total. The number of anilines is 1. The number of carbonyl (C=O) groups is 3. The second-order valence-corrected chi connectivity index (χ2v) is 8.51. The molecule has 1 saturated carbocycles. The first-order chi connectivity index (χ1) is 15.0. The summed E-state index contributed by atoms with van der Waals surface area (Å²) in [6.07, 6.45) is 3.94. The summed E-state index contributed by atoms with van der Waals surface area (Å²) in [5.41, 5.74) is 1.73. The highest BCUT2D eigenvalue weighted by molar-refractivity contribution is 6.10. The second kappa shape index (κ2) is 7.80. The van der Waals surface area contributed by atoms with E-state index in [-0.39, 0.29) is 36.0 Å². The molecule has 0 bridgehead atoms. The van der Waals surface area contributed by atoms with Gasteiger partial charge in [0, 0.05) is 24.6 Å². The molecular formula is C24H24FN3O3. The molecule has 7 heteroatoms. The number of piperazine rings is 1. The van der Waals surface area contributed by atoms with Crippen LogP contribution in [-0.4, -0.2) is 53.2 Å². The fourth-order valence-electron chi connectivity index (χ4n) is 4.95. The first-order valence-corrected chi connectivity index (χ1v) is 10.8. The van der Waals surface area contributed by atoms with Crippen LogP contribution in [0.1, 0.15) is 36.0 Å². The first-order valence-electron chi connectivity index (χ1n) is 10.8. The van der Waals surface area contributed by atoms with Crippen molar-refractivity contribution in [3.05, 3.63) is 53.8 Å². The summed E-state index contributed by atoms with van der Waals surface area (Å²) in [6.45, 7) is 0.938. The number of carbonyl (C=O) groups excluding carboxylic acids is 3. The lowest BCUT2D eigenvalue weighted by molar-refractivity contribution is -0.139. The molecule has 2 aromatic carbocycles. The van der Waals surface area contributed by atoms with Crippen molar-refractivity contribution >= 4 is 23.4 Å². The van der Waals surface area contributed by atoms with E-state index in [9.17, 15) is 18.8 Å². The zero-order chi connectivity index (χ0) is 21.5. The molecule has 0 radical (unpaired) electrons. The Balaban J connectivity index is 1.43. The van der Waals surface area contributed by atoms with Crippen LogP contribution in [0.25, 0.3) is 11.1 Å². The van der Waals surface area contributed by atoms with Gasteiger partial charge in [0.05, 0.1) is 17.8 Å². The van der Waals surface area contributed by atoms with Gasteiger partial charge in [0.2, 0.25) is 11.8 Å². The van der Waals surface area contributed by atoms with Crippen LogP contribution in [0.4, 0.5) is 10.1 Å². The van der Waals surface area contributed by atoms with E-state index in [4.69, 9.17) is 0 Å².